The van der Waals surface area contributed by atoms with Crippen molar-refractivity contribution in [1.82, 2.24) is 15.6 Å². The van der Waals surface area contributed by atoms with Gasteiger partial charge in [0.15, 0.2) is 0 Å². The first-order chi connectivity index (χ1) is 11.4. The zero-order chi connectivity index (χ0) is 17.7. The van der Waals surface area contributed by atoms with Gasteiger partial charge in [0, 0.05) is 29.6 Å². The van der Waals surface area contributed by atoms with Crippen LogP contribution in [0.4, 0.5) is 0 Å². The Morgan fingerprint density at radius 3 is 2.67 bits per heavy atom. The lowest BCUT2D eigenvalue weighted by atomic mass is 10.1. The number of carbonyl (C=O) groups is 2. The number of amides is 2. The van der Waals surface area contributed by atoms with E-state index in [4.69, 9.17) is 0 Å². The van der Waals surface area contributed by atoms with Gasteiger partial charge >= 0.3 is 0 Å². The van der Waals surface area contributed by atoms with E-state index in [0.717, 1.165) is 16.1 Å². The van der Waals surface area contributed by atoms with Crippen LogP contribution in [-0.2, 0) is 16.1 Å². The molecule has 2 rings (SSSR count). The van der Waals surface area contributed by atoms with Crippen LogP contribution in [0.2, 0.25) is 0 Å². The van der Waals surface area contributed by atoms with Gasteiger partial charge in [-0.25, -0.2) is 0 Å². The second-order valence-corrected chi connectivity index (χ2v) is 6.67. The maximum Gasteiger partial charge on any atom is 0.253 e. The Hall–Kier alpha value is -2.41. The van der Waals surface area contributed by atoms with Gasteiger partial charge in [-0.2, -0.15) is 0 Å². The number of carbonyl (C=O) groups excluding carboxylic acids is 2. The molecule has 0 spiro atoms. The van der Waals surface area contributed by atoms with E-state index in [0.29, 0.717) is 5.56 Å². The monoisotopic (exact) mass is 347 g/mol. The Morgan fingerprint density at radius 1 is 1.33 bits per heavy atom. The molecule has 0 bridgehead atoms. The van der Waals surface area contributed by atoms with E-state index < -0.39 is 0 Å². The van der Waals surface area contributed by atoms with E-state index in [-0.39, 0.29) is 36.4 Å². The summed E-state index contributed by atoms with van der Waals surface area (Å²) in [7, 11) is 0. The van der Waals surface area contributed by atoms with Crippen molar-refractivity contribution in [3.63, 3.8) is 0 Å². The van der Waals surface area contributed by atoms with Gasteiger partial charge in [0.2, 0.25) is 11.8 Å². The highest BCUT2D eigenvalue weighted by molar-refractivity contribution is 7.10. The minimum absolute atomic E-state index is 0.128. The molecule has 0 aromatic carbocycles. The first kappa shape index (κ1) is 17.9. The Morgan fingerprint density at radius 2 is 2.08 bits per heavy atom. The molecular weight excluding hydrogens is 326 g/mol. The minimum atomic E-state index is -0.361. The molecule has 0 unspecified atom stereocenters. The summed E-state index contributed by atoms with van der Waals surface area (Å²) < 4.78 is 0. The van der Waals surface area contributed by atoms with Crippen molar-refractivity contribution in [2.24, 2.45) is 0 Å². The number of nitrogens with one attached hydrogen (secondary N) is 3. The van der Waals surface area contributed by atoms with Crippen molar-refractivity contribution in [2.75, 3.05) is 0 Å². The summed E-state index contributed by atoms with van der Waals surface area (Å²) in [5.74, 6) is -0.409. The fraction of sp³-hybridized carbons (Fsp3) is 0.353. The van der Waals surface area contributed by atoms with Crippen molar-refractivity contribution in [1.29, 1.82) is 0 Å². The topological polar surface area (TPSA) is 91.1 Å². The molecule has 128 valence electrons. The minimum Gasteiger partial charge on any atom is -0.352 e. The first-order valence-electron chi connectivity index (χ1n) is 7.63. The zero-order valence-electron chi connectivity index (χ0n) is 13.9. The molecule has 1 atom stereocenters. The maximum atomic E-state index is 12.2. The molecule has 0 aliphatic rings. The summed E-state index contributed by atoms with van der Waals surface area (Å²) >= 11 is 1.49. The highest BCUT2D eigenvalue weighted by atomic mass is 32.1. The molecule has 0 saturated carbocycles. The third-order valence-corrected chi connectivity index (χ3v) is 4.60. The number of hydrogen-bond donors (Lipinski definition) is 3. The van der Waals surface area contributed by atoms with Crippen molar-refractivity contribution in [2.45, 2.75) is 39.8 Å². The van der Waals surface area contributed by atoms with E-state index in [1.165, 1.54) is 18.3 Å². The van der Waals surface area contributed by atoms with Gasteiger partial charge in [0.25, 0.3) is 5.56 Å². The van der Waals surface area contributed by atoms with Crippen LogP contribution < -0.4 is 16.2 Å². The van der Waals surface area contributed by atoms with Crippen LogP contribution >= 0.6 is 11.3 Å². The molecule has 0 aliphatic carbocycles. The molecule has 7 heteroatoms. The highest BCUT2D eigenvalue weighted by Crippen LogP contribution is 2.22. The van der Waals surface area contributed by atoms with Crippen molar-refractivity contribution in [3.05, 3.63) is 55.6 Å². The lowest BCUT2D eigenvalue weighted by Crippen LogP contribution is -2.33. The van der Waals surface area contributed by atoms with Crippen molar-refractivity contribution in [3.8, 4) is 0 Å². The van der Waals surface area contributed by atoms with Crippen molar-refractivity contribution < 1.29 is 9.59 Å². The molecule has 0 radical (unpaired) electrons. The third kappa shape index (κ3) is 4.79. The summed E-state index contributed by atoms with van der Waals surface area (Å²) in [6.45, 7) is 5.25. The van der Waals surface area contributed by atoms with Crippen LogP contribution in [0.3, 0.4) is 0 Å². The van der Waals surface area contributed by atoms with Gasteiger partial charge in [-0.3, -0.25) is 14.4 Å². The van der Waals surface area contributed by atoms with E-state index in [1.807, 2.05) is 37.4 Å². The van der Waals surface area contributed by atoms with Crippen LogP contribution in [0.15, 0.2) is 28.4 Å². The summed E-state index contributed by atoms with van der Waals surface area (Å²) in [4.78, 5) is 39.2. The van der Waals surface area contributed by atoms with Gasteiger partial charge < -0.3 is 15.6 Å². The number of H-pyrrole nitrogens is 1. The Kier molecular flexibility index (Phi) is 5.92. The Balaban J connectivity index is 2.01. The number of aromatic amines is 1. The van der Waals surface area contributed by atoms with E-state index >= 15 is 0 Å². The number of hydrogen-bond acceptors (Lipinski definition) is 4. The summed E-state index contributed by atoms with van der Waals surface area (Å²) in [6.07, 6.45) is 0.128. The van der Waals surface area contributed by atoms with E-state index in [2.05, 4.69) is 15.6 Å². The standard InChI is InChI=1S/C17H21N3O3S/c1-10-7-11(2)19-17(23)13(10)9-18-16(22)8-14(20-12(3)21)15-5-4-6-24-15/h4-7,14H,8-9H2,1-3H3,(H,18,22)(H,19,23)(H,20,21)/t14-/m0/s1. The number of aryl methyl sites for hydroxylation is 2. The molecule has 0 saturated heterocycles. The number of pyridine rings is 1. The van der Waals surface area contributed by atoms with Gasteiger partial charge in [0.1, 0.15) is 0 Å². The predicted octanol–water partition coefficient (Wildman–Crippen LogP) is 1.94. The summed E-state index contributed by atoms with van der Waals surface area (Å²) in [5, 5.41) is 7.44. The predicted molar refractivity (Wildman–Crippen MR) is 93.9 cm³/mol. The molecule has 24 heavy (non-hydrogen) atoms. The number of aromatic nitrogens is 1. The fourth-order valence-corrected chi connectivity index (χ4v) is 3.28. The maximum absolute atomic E-state index is 12.2. The SMILES string of the molecule is CC(=O)N[C@@H](CC(=O)NCc1c(C)cc(C)[nH]c1=O)c1cccs1. The van der Waals surface area contributed by atoms with Gasteiger partial charge in [-0.1, -0.05) is 6.07 Å². The molecule has 2 aromatic rings. The molecule has 2 heterocycles. The number of thiophene rings is 1. The molecular formula is C17H21N3O3S. The average molecular weight is 347 g/mol. The van der Waals surface area contributed by atoms with Crippen LogP contribution in [0.5, 0.6) is 0 Å². The van der Waals surface area contributed by atoms with Crippen LogP contribution in [0.1, 0.15) is 41.1 Å². The summed E-state index contributed by atoms with van der Waals surface area (Å²) in [6, 6.07) is 5.27. The quantitative estimate of drug-likeness (QED) is 0.746. The second-order valence-electron chi connectivity index (χ2n) is 5.69. The van der Waals surface area contributed by atoms with Crippen LogP contribution in [-0.4, -0.2) is 16.8 Å². The second kappa shape index (κ2) is 7.92. The van der Waals surface area contributed by atoms with E-state index in [9.17, 15) is 14.4 Å². The third-order valence-electron chi connectivity index (χ3n) is 3.61. The fourth-order valence-electron chi connectivity index (χ4n) is 2.50. The van der Waals surface area contributed by atoms with Gasteiger partial charge in [0.05, 0.1) is 12.5 Å². The molecule has 6 nitrogen and oxygen atoms in total. The lowest BCUT2D eigenvalue weighted by molar-refractivity contribution is -0.122. The van der Waals surface area contributed by atoms with E-state index in [1.54, 1.807) is 0 Å². The largest absolute Gasteiger partial charge is 0.352 e. The number of rotatable bonds is 6. The average Bonchev–Trinajstić information content (AvgIpc) is 2.99. The normalized spacial score (nSPS) is 11.8. The van der Waals surface area contributed by atoms with Crippen LogP contribution in [0.25, 0.3) is 0 Å². The smallest absolute Gasteiger partial charge is 0.253 e. The van der Waals surface area contributed by atoms with Crippen molar-refractivity contribution >= 4 is 23.2 Å². The molecule has 3 N–H and O–H groups in total. The lowest BCUT2D eigenvalue weighted by Gasteiger charge is -2.16. The first-order valence-corrected chi connectivity index (χ1v) is 8.51. The van der Waals surface area contributed by atoms with Gasteiger partial charge in [-0.05, 0) is 36.9 Å². The molecule has 2 amide bonds. The summed E-state index contributed by atoms with van der Waals surface area (Å²) in [5.41, 5.74) is 1.98. The van der Waals surface area contributed by atoms with Gasteiger partial charge in [-0.15, -0.1) is 11.3 Å². The highest BCUT2D eigenvalue weighted by Gasteiger charge is 2.18. The molecule has 0 aliphatic heterocycles. The Bertz CT molecular complexity index is 781. The molecule has 2 aromatic heterocycles. The van der Waals surface area contributed by atoms with Crippen LogP contribution in [0, 0.1) is 13.8 Å². The Labute approximate surface area is 144 Å². The zero-order valence-corrected chi connectivity index (χ0v) is 14.8. The molecule has 0 fully saturated rings.